The van der Waals surface area contributed by atoms with Crippen molar-refractivity contribution in [1.29, 1.82) is 0 Å². The molecular weight excluding hydrogens is 258 g/mol. The highest BCUT2D eigenvalue weighted by Crippen LogP contribution is 2.38. The van der Waals surface area contributed by atoms with Crippen molar-refractivity contribution in [3.63, 3.8) is 0 Å². The number of hydrogen-bond acceptors (Lipinski definition) is 2. The Morgan fingerprint density at radius 1 is 0.857 bits per heavy atom. The summed E-state index contributed by atoms with van der Waals surface area (Å²) in [4.78, 5) is 0. The SMILES string of the molecule is c1ccc(CNC[C@@H]2C[C@@H]2COCc2ccccc2)cc1. The standard InChI is InChI=1S/C19H23NO/c1-3-7-16(8-4-1)12-20-13-18-11-19(18)15-21-14-17-9-5-2-6-10-17/h1-10,18-20H,11-15H2/t18-,19+/m0/s1. The molecule has 1 fully saturated rings. The average molecular weight is 281 g/mol. The van der Waals surface area contributed by atoms with Crippen LogP contribution < -0.4 is 5.32 Å². The minimum absolute atomic E-state index is 0.738. The maximum Gasteiger partial charge on any atom is 0.0717 e. The molecule has 2 atom stereocenters. The lowest BCUT2D eigenvalue weighted by molar-refractivity contribution is 0.108. The Bertz CT molecular complexity index is 476. The summed E-state index contributed by atoms with van der Waals surface area (Å²) in [6.07, 6.45) is 1.30. The van der Waals surface area contributed by atoms with Crippen molar-refractivity contribution in [2.24, 2.45) is 11.8 Å². The molecule has 0 unspecified atom stereocenters. The third kappa shape index (κ3) is 4.69. The van der Waals surface area contributed by atoms with Gasteiger partial charge in [0, 0.05) is 6.54 Å². The molecule has 2 aromatic rings. The van der Waals surface area contributed by atoms with E-state index in [2.05, 4.69) is 59.9 Å². The molecule has 2 heteroatoms. The molecule has 1 aliphatic rings. The Labute approximate surface area is 127 Å². The summed E-state index contributed by atoms with van der Waals surface area (Å²) in [5, 5.41) is 3.55. The van der Waals surface area contributed by atoms with Crippen molar-refractivity contribution in [2.75, 3.05) is 13.2 Å². The van der Waals surface area contributed by atoms with E-state index in [0.717, 1.165) is 38.1 Å². The van der Waals surface area contributed by atoms with Crippen LogP contribution in [0.25, 0.3) is 0 Å². The van der Waals surface area contributed by atoms with Gasteiger partial charge in [-0.1, -0.05) is 60.7 Å². The third-order valence-corrected chi connectivity index (χ3v) is 4.09. The predicted molar refractivity (Wildman–Crippen MR) is 85.8 cm³/mol. The van der Waals surface area contributed by atoms with E-state index >= 15 is 0 Å². The first-order valence-electron chi connectivity index (χ1n) is 7.78. The van der Waals surface area contributed by atoms with Gasteiger partial charge in [-0.2, -0.15) is 0 Å². The summed E-state index contributed by atoms with van der Waals surface area (Å²) in [6, 6.07) is 21.0. The van der Waals surface area contributed by atoms with Gasteiger partial charge in [-0.05, 0) is 35.9 Å². The number of rotatable bonds is 8. The lowest BCUT2D eigenvalue weighted by Gasteiger charge is -2.06. The molecule has 0 aromatic heterocycles. The smallest absolute Gasteiger partial charge is 0.0717 e. The van der Waals surface area contributed by atoms with E-state index in [-0.39, 0.29) is 0 Å². The molecule has 2 aromatic carbocycles. The summed E-state index contributed by atoms with van der Waals surface area (Å²) in [5.74, 6) is 1.54. The molecule has 2 nitrogen and oxygen atoms in total. The van der Waals surface area contributed by atoms with Crippen molar-refractivity contribution in [2.45, 2.75) is 19.6 Å². The van der Waals surface area contributed by atoms with Gasteiger partial charge in [-0.25, -0.2) is 0 Å². The van der Waals surface area contributed by atoms with Gasteiger partial charge in [0.25, 0.3) is 0 Å². The summed E-state index contributed by atoms with van der Waals surface area (Å²) in [6.45, 7) is 3.71. The molecule has 0 aliphatic heterocycles. The first-order chi connectivity index (χ1) is 10.4. The summed E-state index contributed by atoms with van der Waals surface area (Å²) >= 11 is 0. The molecule has 0 bridgehead atoms. The zero-order chi connectivity index (χ0) is 14.3. The molecule has 0 amide bonds. The molecule has 21 heavy (non-hydrogen) atoms. The van der Waals surface area contributed by atoms with Crippen LogP contribution in [0.4, 0.5) is 0 Å². The molecule has 3 rings (SSSR count). The Morgan fingerprint density at radius 2 is 1.52 bits per heavy atom. The first-order valence-corrected chi connectivity index (χ1v) is 7.78. The fraction of sp³-hybridized carbons (Fsp3) is 0.368. The van der Waals surface area contributed by atoms with E-state index in [1.165, 1.54) is 17.5 Å². The molecule has 1 N–H and O–H groups in total. The topological polar surface area (TPSA) is 21.3 Å². The highest BCUT2D eigenvalue weighted by molar-refractivity contribution is 5.14. The zero-order valence-corrected chi connectivity index (χ0v) is 12.4. The second kappa shape index (κ2) is 7.39. The Hall–Kier alpha value is -1.64. The van der Waals surface area contributed by atoms with Crippen LogP contribution in [0, 0.1) is 11.8 Å². The number of benzene rings is 2. The normalized spacial score (nSPS) is 20.4. The molecular formula is C19H23NO. The van der Waals surface area contributed by atoms with Gasteiger partial charge < -0.3 is 10.1 Å². The van der Waals surface area contributed by atoms with E-state index in [9.17, 15) is 0 Å². The monoisotopic (exact) mass is 281 g/mol. The lowest BCUT2D eigenvalue weighted by Crippen LogP contribution is -2.17. The molecule has 1 saturated carbocycles. The van der Waals surface area contributed by atoms with Crippen LogP contribution in [0.5, 0.6) is 0 Å². The van der Waals surface area contributed by atoms with Crippen LogP contribution in [0.3, 0.4) is 0 Å². The van der Waals surface area contributed by atoms with Gasteiger partial charge in [0.2, 0.25) is 0 Å². The summed E-state index contributed by atoms with van der Waals surface area (Å²) < 4.78 is 5.81. The van der Waals surface area contributed by atoms with Crippen molar-refractivity contribution in [3.8, 4) is 0 Å². The van der Waals surface area contributed by atoms with Crippen LogP contribution in [-0.4, -0.2) is 13.2 Å². The first kappa shape index (κ1) is 14.3. The van der Waals surface area contributed by atoms with Gasteiger partial charge in [0.05, 0.1) is 13.2 Å². The van der Waals surface area contributed by atoms with Gasteiger partial charge in [-0.15, -0.1) is 0 Å². The van der Waals surface area contributed by atoms with Gasteiger partial charge in [0.1, 0.15) is 0 Å². The molecule has 110 valence electrons. The summed E-state index contributed by atoms with van der Waals surface area (Å²) in [5.41, 5.74) is 2.62. The van der Waals surface area contributed by atoms with Gasteiger partial charge >= 0.3 is 0 Å². The highest BCUT2D eigenvalue weighted by atomic mass is 16.5. The highest BCUT2D eigenvalue weighted by Gasteiger charge is 2.36. The number of nitrogens with one attached hydrogen (secondary N) is 1. The second-order valence-corrected chi connectivity index (χ2v) is 5.87. The Balaban J connectivity index is 1.27. The zero-order valence-electron chi connectivity index (χ0n) is 12.4. The lowest BCUT2D eigenvalue weighted by atomic mass is 10.2. The average Bonchev–Trinajstić information content (AvgIpc) is 3.28. The number of ether oxygens (including phenoxy) is 1. The van der Waals surface area contributed by atoms with Crippen molar-refractivity contribution in [1.82, 2.24) is 5.32 Å². The fourth-order valence-corrected chi connectivity index (χ4v) is 2.66. The number of hydrogen-bond donors (Lipinski definition) is 1. The van der Waals surface area contributed by atoms with Crippen LogP contribution in [-0.2, 0) is 17.9 Å². The van der Waals surface area contributed by atoms with E-state index in [1.54, 1.807) is 0 Å². The van der Waals surface area contributed by atoms with Crippen LogP contribution in [0.2, 0.25) is 0 Å². The molecule has 0 heterocycles. The van der Waals surface area contributed by atoms with Gasteiger partial charge in [0.15, 0.2) is 0 Å². The van der Waals surface area contributed by atoms with Crippen molar-refractivity contribution in [3.05, 3.63) is 71.8 Å². The van der Waals surface area contributed by atoms with Gasteiger partial charge in [-0.3, -0.25) is 0 Å². The van der Waals surface area contributed by atoms with Crippen LogP contribution in [0.1, 0.15) is 17.5 Å². The van der Waals surface area contributed by atoms with E-state index in [1.807, 2.05) is 6.07 Å². The predicted octanol–water partition coefficient (Wildman–Crippen LogP) is 3.63. The fourth-order valence-electron chi connectivity index (χ4n) is 2.66. The maximum absolute atomic E-state index is 5.81. The minimum Gasteiger partial charge on any atom is -0.376 e. The molecule has 0 radical (unpaired) electrons. The van der Waals surface area contributed by atoms with Crippen molar-refractivity contribution < 1.29 is 4.74 Å². The Morgan fingerprint density at radius 3 is 2.24 bits per heavy atom. The van der Waals surface area contributed by atoms with Crippen LogP contribution in [0.15, 0.2) is 60.7 Å². The van der Waals surface area contributed by atoms with E-state index < -0.39 is 0 Å². The maximum atomic E-state index is 5.81. The largest absolute Gasteiger partial charge is 0.376 e. The molecule has 0 saturated heterocycles. The van der Waals surface area contributed by atoms with Crippen molar-refractivity contribution >= 4 is 0 Å². The molecule has 1 aliphatic carbocycles. The third-order valence-electron chi connectivity index (χ3n) is 4.09. The summed E-state index contributed by atoms with van der Waals surface area (Å²) in [7, 11) is 0. The quantitative estimate of drug-likeness (QED) is 0.798. The second-order valence-electron chi connectivity index (χ2n) is 5.87. The molecule has 0 spiro atoms. The minimum atomic E-state index is 0.738. The Kier molecular flexibility index (Phi) is 5.03. The van der Waals surface area contributed by atoms with E-state index in [4.69, 9.17) is 4.74 Å². The van der Waals surface area contributed by atoms with E-state index in [0.29, 0.717) is 0 Å². The van der Waals surface area contributed by atoms with Crippen LogP contribution >= 0.6 is 0 Å².